The van der Waals surface area contributed by atoms with Gasteiger partial charge in [-0.15, -0.1) is 0 Å². The summed E-state index contributed by atoms with van der Waals surface area (Å²) in [7, 11) is 0. The van der Waals surface area contributed by atoms with Gasteiger partial charge in [0.05, 0.1) is 6.10 Å². The third-order valence-electron chi connectivity index (χ3n) is 5.25. The molecule has 2 atom stereocenters. The van der Waals surface area contributed by atoms with Gasteiger partial charge in [0, 0.05) is 5.69 Å². The molecule has 1 aliphatic heterocycles. The Morgan fingerprint density at radius 2 is 1.73 bits per heavy atom. The number of hydrogen-bond donors (Lipinski definition) is 3. The van der Waals surface area contributed by atoms with Crippen LogP contribution < -0.4 is 10.6 Å². The highest BCUT2D eigenvalue weighted by Crippen LogP contribution is 2.16. The summed E-state index contributed by atoms with van der Waals surface area (Å²) < 4.78 is 0. The van der Waals surface area contributed by atoms with E-state index in [1.165, 1.54) is 56.9 Å². The fourth-order valence-electron chi connectivity index (χ4n) is 3.58. The maximum atomic E-state index is 12.3. The smallest absolute Gasteiger partial charge is 0.244 e. The van der Waals surface area contributed by atoms with E-state index in [0.29, 0.717) is 6.42 Å². The van der Waals surface area contributed by atoms with Crippen molar-refractivity contribution in [2.75, 3.05) is 11.9 Å². The highest BCUT2D eigenvalue weighted by atomic mass is 16.3. The lowest BCUT2D eigenvalue weighted by Crippen LogP contribution is -2.52. The molecule has 1 aromatic carbocycles. The van der Waals surface area contributed by atoms with Gasteiger partial charge < -0.3 is 15.7 Å². The van der Waals surface area contributed by atoms with E-state index in [1.54, 1.807) is 0 Å². The van der Waals surface area contributed by atoms with Crippen LogP contribution in [-0.2, 0) is 11.2 Å². The number of anilines is 1. The first kappa shape index (κ1) is 20.9. The second kappa shape index (κ2) is 12.1. The minimum absolute atomic E-state index is 0.145. The summed E-state index contributed by atoms with van der Waals surface area (Å²) >= 11 is 0. The average Bonchev–Trinajstić information content (AvgIpc) is 2.65. The summed E-state index contributed by atoms with van der Waals surface area (Å²) in [6, 6.07) is 7.63. The van der Waals surface area contributed by atoms with Crippen molar-refractivity contribution in [3.63, 3.8) is 0 Å². The molecule has 0 spiro atoms. The maximum Gasteiger partial charge on any atom is 0.244 e. The molecule has 1 aliphatic rings. The number of carbonyl (C=O) groups excluding carboxylic acids is 1. The topological polar surface area (TPSA) is 61.4 Å². The molecule has 0 saturated carbocycles. The molecule has 1 fully saturated rings. The number of aliphatic hydroxyl groups excluding tert-OH is 1. The van der Waals surface area contributed by atoms with Crippen LogP contribution in [0.4, 0.5) is 5.69 Å². The first-order valence-electron chi connectivity index (χ1n) is 10.5. The number of benzene rings is 1. The molecular formula is C22H36N2O2. The van der Waals surface area contributed by atoms with Crippen LogP contribution >= 0.6 is 0 Å². The van der Waals surface area contributed by atoms with Gasteiger partial charge in [-0.3, -0.25) is 4.79 Å². The van der Waals surface area contributed by atoms with Gasteiger partial charge in [0.15, 0.2) is 0 Å². The monoisotopic (exact) mass is 360 g/mol. The molecular weight excluding hydrogens is 324 g/mol. The van der Waals surface area contributed by atoms with E-state index in [0.717, 1.165) is 25.1 Å². The highest BCUT2D eigenvalue weighted by molar-refractivity contribution is 5.95. The number of piperidine rings is 1. The van der Waals surface area contributed by atoms with Crippen LogP contribution in [0, 0.1) is 0 Å². The van der Waals surface area contributed by atoms with Crippen molar-refractivity contribution in [2.24, 2.45) is 0 Å². The van der Waals surface area contributed by atoms with Crippen molar-refractivity contribution in [3.05, 3.63) is 29.8 Å². The molecule has 0 bridgehead atoms. The van der Waals surface area contributed by atoms with Crippen LogP contribution in [0.25, 0.3) is 0 Å². The Hall–Kier alpha value is -1.39. The molecule has 26 heavy (non-hydrogen) atoms. The molecule has 1 heterocycles. The Kier molecular flexibility index (Phi) is 9.72. The van der Waals surface area contributed by atoms with Gasteiger partial charge in [-0.2, -0.15) is 0 Å². The normalized spacial score (nSPS) is 20.1. The molecule has 4 nitrogen and oxygen atoms in total. The van der Waals surface area contributed by atoms with Gasteiger partial charge in [-0.05, 0) is 49.9 Å². The van der Waals surface area contributed by atoms with Crippen LogP contribution in [-0.4, -0.2) is 29.7 Å². The second-order valence-electron chi connectivity index (χ2n) is 7.55. The zero-order valence-electron chi connectivity index (χ0n) is 16.3. The average molecular weight is 361 g/mol. The molecule has 146 valence electrons. The first-order chi connectivity index (χ1) is 12.7. The van der Waals surface area contributed by atoms with Crippen LogP contribution in [0.15, 0.2) is 24.3 Å². The number of aryl methyl sites for hydroxylation is 1. The van der Waals surface area contributed by atoms with Crippen LogP contribution in [0.2, 0.25) is 0 Å². The van der Waals surface area contributed by atoms with E-state index < -0.39 is 12.1 Å². The van der Waals surface area contributed by atoms with Gasteiger partial charge in [-0.1, -0.05) is 64.0 Å². The molecule has 2 unspecified atom stereocenters. The van der Waals surface area contributed by atoms with Gasteiger partial charge in [-0.25, -0.2) is 0 Å². The molecule has 1 aromatic rings. The van der Waals surface area contributed by atoms with Gasteiger partial charge in [0.25, 0.3) is 0 Å². The van der Waals surface area contributed by atoms with E-state index in [-0.39, 0.29) is 5.91 Å². The molecule has 3 N–H and O–H groups in total. The first-order valence-corrected chi connectivity index (χ1v) is 10.5. The van der Waals surface area contributed by atoms with Crippen LogP contribution in [0.1, 0.15) is 76.7 Å². The van der Waals surface area contributed by atoms with Gasteiger partial charge >= 0.3 is 0 Å². The number of nitrogens with one attached hydrogen (secondary N) is 2. The molecule has 1 amide bonds. The Labute approximate surface area is 158 Å². The number of unbranched alkanes of at least 4 members (excludes halogenated alkanes) is 7. The van der Waals surface area contributed by atoms with E-state index >= 15 is 0 Å². The van der Waals surface area contributed by atoms with E-state index in [2.05, 4.69) is 29.7 Å². The summed E-state index contributed by atoms with van der Waals surface area (Å²) in [4.78, 5) is 12.3. The van der Waals surface area contributed by atoms with Gasteiger partial charge in [0.1, 0.15) is 6.04 Å². The third-order valence-corrected chi connectivity index (χ3v) is 5.25. The Balaban J connectivity index is 1.64. The SMILES string of the molecule is CCCCCCCCCCc1ccc(NC(=O)C2NCCCC2O)cc1. The van der Waals surface area contributed by atoms with Crippen molar-refractivity contribution in [1.29, 1.82) is 0 Å². The number of carbonyl (C=O) groups is 1. The van der Waals surface area contributed by atoms with Crippen molar-refractivity contribution in [3.8, 4) is 0 Å². The molecule has 1 saturated heterocycles. The number of hydrogen-bond acceptors (Lipinski definition) is 3. The van der Waals surface area contributed by atoms with Crippen molar-refractivity contribution in [1.82, 2.24) is 5.32 Å². The largest absolute Gasteiger partial charge is 0.391 e. The Bertz CT molecular complexity index is 515. The third kappa shape index (κ3) is 7.46. The minimum Gasteiger partial charge on any atom is -0.391 e. The highest BCUT2D eigenvalue weighted by Gasteiger charge is 2.28. The molecule has 2 rings (SSSR count). The Morgan fingerprint density at radius 3 is 2.38 bits per heavy atom. The fraction of sp³-hybridized carbons (Fsp3) is 0.682. The lowest BCUT2D eigenvalue weighted by atomic mass is 10.0. The minimum atomic E-state index is -0.593. The number of aliphatic hydroxyl groups is 1. The summed E-state index contributed by atoms with van der Waals surface area (Å²) in [5, 5.41) is 15.9. The number of rotatable bonds is 11. The zero-order chi connectivity index (χ0) is 18.6. The van der Waals surface area contributed by atoms with Crippen molar-refractivity contribution >= 4 is 11.6 Å². The zero-order valence-corrected chi connectivity index (χ0v) is 16.3. The predicted octanol–water partition coefficient (Wildman–Crippen LogP) is 4.42. The fourth-order valence-corrected chi connectivity index (χ4v) is 3.58. The summed E-state index contributed by atoms with van der Waals surface area (Å²) in [5.41, 5.74) is 2.12. The van der Waals surface area contributed by atoms with Gasteiger partial charge in [0.2, 0.25) is 5.91 Å². The van der Waals surface area contributed by atoms with E-state index in [9.17, 15) is 9.90 Å². The predicted molar refractivity (Wildman–Crippen MR) is 108 cm³/mol. The summed E-state index contributed by atoms with van der Waals surface area (Å²) in [6.07, 6.45) is 12.8. The molecule has 4 heteroatoms. The number of amides is 1. The quantitative estimate of drug-likeness (QED) is 0.512. The Morgan fingerprint density at radius 1 is 1.08 bits per heavy atom. The molecule has 0 radical (unpaired) electrons. The molecule has 0 aromatic heterocycles. The lowest BCUT2D eigenvalue weighted by molar-refractivity contribution is -0.121. The van der Waals surface area contributed by atoms with Crippen molar-refractivity contribution in [2.45, 2.75) is 89.7 Å². The second-order valence-corrected chi connectivity index (χ2v) is 7.55. The lowest BCUT2D eigenvalue weighted by Gasteiger charge is -2.27. The van der Waals surface area contributed by atoms with Crippen LogP contribution in [0.5, 0.6) is 0 Å². The van der Waals surface area contributed by atoms with E-state index in [1.807, 2.05) is 12.1 Å². The standard InChI is InChI=1S/C22H36N2O2/c1-2-3-4-5-6-7-8-9-11-18-13-15-19(16-14-18)24-22(26)21-20(25)12-10-17-23-21/h13-16,20-21,23,25H,2-12,17H2,1H3,(H,24,26). The maximum absolute atomic E-state index is 12.3. The summed E-state index contributed by atoms with van der Waals surface area (Å²) in [6.45, 7) is 3.04. The molecule has 0 aliphatic carbocycles. The van der Waals surface area contributed by atoms with Crippen molar-refractivity contribution < 1.29 is 9.90 Å². The van der Waals surface area contributed by atoms with E-state index in [4.69, 9.17) is 0 Å². The summed E-state index contributed by atoms with van der Waals surface area (Å²) in [5.74, 6) is -0.145. The van der Waals surface area contributed by atoms with Crippen LogP contribution in [0.3, 0.4) is 0 Å².